The van der Waals surface area contributed by atoms with Gasteiger partial charge >= 0.3 is 0 Å². The fourth-order valence-corrected chi connectivity index (χ4v) is 2.07. The standard InChI is InChI=1S/C16H13FN2O/c1-20-11-6-7-12-14(8-9-18-16(12)10-11)19-15-5-3-2-4-13(15)17/h2-10H,1H3,(H,18,19). The van der Waals surface area contributed by atoms with E-state index in [4.69, 9.17) is 4.74 Å². The second-order valence-corrected chi connectivity index (χ2v) is 4.35. The van der Waals surface area contributed by atoms with Crippen molar-refractivity contribution in [3.05, 3.63) is 60.5 Å². The normalized spacial score (nSPS) is 10.5. The van der Waals surface area contributed by atoms with Crippen LogP contribution in [0.4, 0.5) is 15.8 Å². The zero-order chi connectivity index (χ0) is 13.9. The van der Waals surface area contributed by atoms with E-state index in [0.717, 1.165) is 22.3 Å². The highest BCUT2D eigenvalue weighted by Gasteiger charge is 2.06. The summed E-state index contributed by atoms with van der Waals surface area (Å²) in [5.74, 6) is 0.457. The number of pyridine rings is 1. The Labute approximate surface area is 116 Å². The summed E-state index contributed by atoms with van der Waals surface area (Å²) in [5.41, 5.74) is 2.05. The van der Waals surface area contributed by atoms with E-state index in [1.54, 1.807) is 31.5 Å². The Morgan fingerprint density at radius 3 is 2.70 bits per heavy atom. The molecule has 2 aromatic carbocycles. The highest BCUT2D eigenvalue weighted by Crippen LogP contribution is 2.28. The summed E-state index contributed by atoms with van der Waals surface area (Å²) >= 11 is 0. The zero-order valence-corrected chi connectivity index (χ0v) is 10.9. The molecule has 1 N–H and O–H groups in total. The number of ether oxygens (including phenoxy) is 1. The Hall–Kier alpha value is -2.62. The number of halogens is 1. The number of hydrogen-bond donors (Lipinski definition) is 1. The van der Waals surface area contributed by atoms with E-state index in [1.165, 1.54) is 6.07 Å². The van der Waals surface area contributed by atoms with Crippen molar-refractivity contribution in [3.8, 4) is 5.75 Å². The van der Waals surface area contributed by atoms with Gasteiger partial charge in [-0.05, 0) is 30.3 Å². The third-order valence-electron chi connectivity index (χ3n) is 3.09. The quantitative estimate of drug-likeness (QED) is 0.775. The number of anilines is 2. The Balaban J connectivity index is 2.06. The van der Waals surface area contributed by atoms with Crippen molar-refractivity contribution in [1.29, 1.82) is 0 Å². The summed E-state index contributed by atoms with van der Waals surface area (Å²) in [6, 6.07) is 14.0. The predicted molar refractivity (Wildman–Crippen MR) is 78.0 cm³/mol. The number of aromatic nitrogens is 1. The van der Waals surface area contributed by atoms with Crippen LogP contribution in [0.15, 0.2) is 54.7 Å². The van der Waals surface area contributed by atoms with Crippen molar-refractivity contribution in [2.45, 2.75) is 0 Å². The molecule has 3 nitrogen and oxygen atoms in total. The summed E-state index contributed by atoms with van der Waals surface area (Å²) in [7, 11) is 1.61. The van der Waals surface area contributed by atoms with Gasteiger partial charge in [0.25, 0.3) is 0 Å². The number of methoxy groups -OCH3 is 1. The van der Waals surface area contributed by atoms with Crippen LogP contribution in [0.2, 0.25) is 0 Å². The molecule has 0 aliphatic rings. The molecule has 3 rings (SSSR count). The maximum absolute atomic E-state index is 13.7. The van der Waals surface area contributed by atoms with Crippen LogP contribution in [0.1, 0.15) is 0 Å². The Kier molecular flexibility index (Phi) is 3.21. The van der Waals surface area contributed by atoms with Gasteiger partial charge in [0.15, 0.2) is 0 Å². The molecule has 20 heavy (non-hydrogen) atoms. The van der Waals surface area contributed by atoms with Crippen molar-refractivity contribution >= 4 is 22.3 Å². The van der Waals surface area contributed by atoms with Crippen LogP contribution in [-0.2, 0) is 0 Å². The summed E-state index contributed by atoms with van der Waals surface area (Å²) in [6.45, 7) is 0. The van der Waals surface area contributed by atoms with Gasteiger partial charge in [0.1, 0.15) is 11.6 Å². The van der Waals surface area contributed by atoms with Crippen LogP contribution in [0.5, 0.6) is 5.75 Å². The van der Waals surface area contributed by atoms with E-state index in [-0.39, 0.29) is 5.82 Å². The number of hydrogen-bond acceptors (Lipinski definition) is 3. The molecule has 0 unspecified atom stereocenters. The molecule has 0 amide bonds. The monoisotopic (exact) mass is 268 g/mol. The molecule has 3 aromatic rings. The Morgan fingerprint density at radius 1 is 1.05 bits per heavy atom. The van der Waals surface area contributed by atoms with E-state index >= 15 is 0 Å². The van der Waals surface area contributed by atoms with Gasteiger partial charge in [-0.3, -0.25) is 4.98 Å². The Morgan fingerprint density at radius 2 is 1.90 bits per heavy atom. The van der Waals surface area contributed by atoms with E-state index in [1.807, 2.05) is 24.3 Å². The van der Waals surface area contributed by atoms with E-state index in [2.05, 4.69) is 10.3 Å². The Bertz CT molecular complexity index is 758. The van der Waals surface area contributed by atoms with Gasteiger partial charge in [-0.1, -0.05) is 12.1 Å². The van der Waals surface area contributed by atoms with E-state index < -0.39 is 0 Å². The number of rotatable bonds is 3. The zero-order valence-electron chi connectivity index (χ0n) is 10.9. The molecule has 0 spiro atoms. The fourth-order valence-electron chi connectivity index (χ4n) is 2.07. The van der Waals surface area contributed by atoms with Gasteiger partial charge < -0.3 is 10.1 Å². The number of nitrogens with zero attached hydrogens (tertiary/aromatic N) is 1. The highest BCUT2D eigenvalue weighted by atomic mass is 19.1. The lowest BCUT2D eigenvalue weighted by Crippen LogP contribution is -1.95. The molecule has 100 valence electrons. The van der Waals surface area contributed by atoms with Crippen LogP contribution in [0, 0.1) is 5.82 Å². The molecule has 1 heterocycles. The molecule has 0 radical (unpaired) electrons. The average Bonchev–Trinajstić information content (AvgIpc) is 2.49. The highest BCUT2D eigenvalue weighted by molar-refractivity contribution is 5.93. The van der Waals surface area contributed by atoms with Crippen molar-refractivity contribution in [1.82, 2.24) is 4.98 Å². The van der Waals surface area contributed by atoms with Crippen molar-refractivity contribution in [2.24, 2.45) is 0 Å². The van der Waals surface area contributed by atoms with Crippen LogP contribution < -0.4 is 10.1 Å². The topological polar surface area (TPSA) is 34.1 Å². The third-order valence-corrected chi connectivity index (χ3v) is 3.09. The first-order chi connectivity index (χ1) is 9.78. The maximum Gasteiger partial charge on any atom is 0.146 e. The smallest absolute Gasteiger partial charge is 0.146 e. The lowest BCUT2D eigenvalue weighted by Gasteiger charge is -2.10. The van der Waals surface area contributed by atoms with Gasteiger partial charge in [0.05, 0.1) is 18.3 Å². The van der Waals surface area contributed by atoms with Gasteiger partial charge in [-0.15, -0.1) is 0 Å². The minimum Gasteiger partial charge on any atom is -0.497 e. The second kappa shape index (κ2) is 5.17. The first-order valence-electron chi connectivity index (χ1n) is 6.22. The lowest BCUT2D eigenvalue weighted by atomic mass is 10.1. The largest absolute Gasteiger partial charge is 0.497 e. The molecule has 0 aliphatic carbocycles. The minimum absolute atomic E-state index is 0.286. The molecule has 4 heteroatoms. The van der Waals surface area contributed by atoms with Crippen LogP contribution >= 0.6 is 0 Å². The van der Waals surface area contributed by atoms with E-state index in [9.17, 15) is 4.39 Å². The summed E-state index contributed by atoms with van der Waals surface area (Å²) in [6.07, 6.45) is 1.69. The molecular weight excluding hydrogens is 255 g/mol. The molecule has 1 aromatic heterocycles. The maximum atomic E-state index is 13.7. The summed E-state index contributed by atoms with van der Waals surface area (Å²) in [5, 5.41) is 4.01. The van der Waals surface area contributed by atoms with Gasteiger partial charge in [-0.25, -0.2) is 4.39 Å². The second-order valence-electron chi connectivity index (χ2n) is 4.35. The molecule has 0 aliphatic heterocycles. The molecule has 0 atom stereocenters. The lowest BCUT2D eigenvalue weighted by molar-refractivity contribution is 0.415. The SMILES string of the molecule is COc1ccc2c(Nc3ccccc3F)ccnc2c1. The first-order valence-corrected chi connectivity index (χ1v) is 6.22. The van der Waals surface area contributed by atoms with Crippen LogP contribution in [0.25, 0.3) is 10.9 Å². The van der Waals surface area contributed by atoms with Crippen molar-refractivity contribution in [3.63, 3.8) is 0 Å². The van der Waals surface area contributed by atoms with Gasteiger partial charge in [0, 0.05) is 23.3 Å². The molecule has 0 saturated heterocycles. The summed E-state index contributed by atoms with van der Waals surface area (Å²) in [4.78, 5) is 4.30. The average molecular weight is 268 g/mol. The minimum atomic E-state index is -0.286. The van der Waals surface area contributed by atoms with Gasteiger partial charge in [0.2, 0.25) is 0 Å². The van der Waals surface area contributed by atoms with Crippen LogP contribution in [0.3, 0.4) is 0 Å². The van der Waals surface area contributed by atoms with Crippen molar-refractivity contribution in [2.75, 3.05) is 12.4 Å². The number of para-hydroxylation sites is 1. The number of nitrogens with one attached hydrogen (secondary N) is 1. The molecule has 0 bridgehead atoms. The molecule has 0 fully saturated rings. The first kappa shape index (κ1) is 12.4. The number of fused-ring (bicyclic) bond motifs is 1. The van der Waals surface area contributed by atoms with Gasteiger partial charge in [-0.2, -0.15) is 0 Å². The third kappa shape index (κ3) is 2.28. The predicted octanol–water partition coefficient (Wildman–Crippen LogP) is 4.13. The molecular formula is C16H13FN2O. The van der Waals surface area contributed by atoms with Crippen LogP contribution in [-0.4, -0.2) is 12.1 Å². The molecule has 0 saturated carbocycles. The number of benzene rings is 2. The fraction of sp³-hybridized carbons (Fsp3) is 0.0625. The van der Waals surface area contributed by atoms with Crippen molar-refractivity contribution < 1.29 is 9.13 Å². The van der Waals surface area contributed by atoms with E-state index in [0.29, 0.717) is 5.69 Å². The summed E-state index contributed by atoms with van der Waals surface area (Å²) < 4.78 is 18.9.